The lowest BCUT2D eigenvalue weighted by atomic mass is 10.1. The van der Waals surface area contributed by atoms with E-state index in [2.05, 4.69) is 16.7 Å². The van der Waals surface area contributed by atoms with E-state index >= 15 is 0 Å². The molecule has 3 rings (SSSR count). The zero-order valence-electron chi connectivity index (χ0n) is 9.99. The van der Waals surface area contributed by atoms with Crippen molar-refractivity contribution < 1.29 is 0 Å². The first-order valence-corrected chi connectivity index (χ1v) is 6.86. The highest BCUT2D eigenvalue weighted by Gasteiger charge is 2.43. The number of hydrogen-bond acceptors (Lipinski definition) is 2. The molecule has 0 aromatic heterocycles. The van der Waals surface area contributed by atoms with Gasteiger partial charge in [-0.05, 0) is 38.1 Å². The second kappa shape index (κ2) is 4.06. The third-order valence-electron chi connectivity index (χ3n) is 4.63. The molecule has 1 saturated carbocycles. The summed E-state index contributed by atoms with van der Waals surface area (Å²) in [6.07, 6.45) is 7.25. The average Bonchev–Trinajstić information content (AvgIpc) is 2.87. The van der Waals surface area contributed by atoms with Gasteiger partial charge in [-0.1, -0.05) is 13.3 Å². The van der Waals surface area contributed by atoms with Gasteiger partial charge in [-0.25, -0.2) is 0 Å². The molecule has 3 fully saturated rings. The van der Waals surface area contributed by atoms with Gasteiger partial charge >= 0.3 is 0 Å². The fraction of sp³-hybridized carbons (Fsp3) is 1.00. The molecule has 0 radical (unpaired) electrons. The molecule has 3 aliphatic rings. The van der Waals surface area contributed by atoms with E-state index in [1.54, 1.807) is 0 Å². The van der Waals surface area contributed by atoms with Crippen molar-refractivity contribution in [3.8, 4) is 0 Å². The van der Waals surface area contributed by atoms with Gasteiger partial charge in [0.05, 0.1) is 0 Å². The lowest BCUT2D eigenvalue weighted by Crippen LogP contribution is -2.51. The van der Waals surface area contributed by atoms with E-state index in [-0.39, 0.29) is 0 Å². The minimum Gasteiger partial charge on any atom is -0.298 e. The summed E-state index contributed by atoms with van der Waals surface area (Å²) < 4.78 is 0. The van der Waals surface area contributed by atoms with E-state index in [1.807, 2.05) is 0 Å². The van der Waals surface area contributed by atoms with Crippen LogP contribution in [0.2, 0.25) is 0 Å². The molecule has 15 heavy (non-hydrogen) atoms. The Labute approximate surface area is 93.6 Å². The van der Waals surface area contributed by atoms with Crippen LogP contribution in [0.1, 0.15) is 39.0 Å². The van der Waals surface area contributed by atoms with Crippen LogP contribution in [-0.2, 0) is 0 Å². The monoisotopic (exact) mass is 208 g/mol. The number of rotatable bonds is 3. The van der Waals surface area contributed by atoms with Crippen molar-refractivity contribution in [1.29, 1.82) is 0 Å². The second-order valence-electron chi connectivity index (χ2n) is 5.68. The molecule has 0 aromatic carbocycles. The summed E-state index contributed by atoms with van der Waals surface area (Å²) in [5.74, 6) is 1.06. The molecule has 0 amide bonds. The molecule has 3 atom stereocenters. The van der Waals surface area contributed by atoms with Crippen molar-refractivity contribution >= 4 is 0 Å². The number of fused-ring (bicyclic) bond motifs is 1. The Bertz CT molecular complexity index is 229. The van der Waals surface area contributed by atoms with Crippen molar-refractivity contribution in [2.75, 3.05) is 26.2 Å². The van der Waals surface area contributed by atoms with Crippen molar-refractivity contribution in [2.24, 2.45) is 5.92 Å². The first kappa shape index (κ1) is 10.1. The fourth-order valence-corrected chi connectivity index (χ4v) is 3.68. The van der Waals surface area contributed by atoms with Crippen LogP contribution in [0.25, 0.3) is 0 Å². The van der Waals surface area contributed by atoms with Gasteiger partial charge in [0.15, 0.2) is 0 Å². The molecule has 2 saturated heterocycles. The molecule has 0 bridgehead atoms. The summed E-state index contributed by atoms with van der Waals surface area (Å²) >= 11 is 0. The van der Waals surface area contributed by atoms with Crippen LogP contribution >= 0.6 is 0 Å². The summed E-state index contributed by atoms with van der Waals surface area (Å²) in [7, 11) is 0. The molecule has 1 aliphatic carbocycles. The molecular weight excluding hydrogens is 184 g/mol. The van der Waals surface area contributed by atoms with Crippen LogP contribution in [0.3, 0.4) is 0 Å². The SMILES string of the molecule is CCCC1CC1N1CCN2CCCC2C1. The summed E-state index contributed by atoms with van der Waals surface area (Å²) in [5, 5.41) is 0. The highest BCUT2D eigenvalue weighted by molar-refractivity contribution is 4.98. The molecule has 0 aromatic rings. The molecule has 86 valence electrons. The molecule has 2 aliphatic heterocycles. The molecule has 0 N–H and O–H groups in total. The van der Waals surface area contributed by atoms with Crippen LogP contribution < -0.4 is 0 Å². The third kappa shape index (κ3) is 1.94. The van der Waals surface area contributed by atoms with E-state index in [4.69, 9.17) is 0 Å². The predicted octanol–water partition coefficient (Wildman–Crippen LogP) is 1.96. The van der Waals surface area contributed by atoms with Crippen LogP contribution in [0.15, 0.2) is 0 Å². The van der Waals surface area contributed by atoms with Gasteiger partial charge < -0.3 is 0 Å². The van der Waals surface area contributed by atoms with Crippen LogP contribution in [0.4, 0.5) is 0 Å². The smallest absolute Gasteiger partial charge is 0.0224 e. The molecule has 2 nitrogen and oxygen atoms in total. The standard InChI is InChI=1S/C13H24N2/c1-2-4-11-9-13(11)15-8-7-14-6-3-5-12(14)10-15/h11-13H,2-10H2,1H3. The predicted molar refractivity (Wildman–Crippen MR) is 63.0 cm³/mol. The van der Waals surface area contributed by atoms with Crippen LogP contribution in [0.5, 0.6) is 0 Å². The maximum atomic E-state index is 2.80. The molecule has 2 heterocycles. The molecule has 0 spiro atoms. The van der Waals surface area contributed by atoms with E-state index < -0.39 is 0 Å². The Morgan fingerprint density at radius 3 is 2.87 bits per heavy atom. The Kier molecular flexibility index (Phi) is 2.73. The summed E-state index contributed by atoms with van der Waals surface area (Å²) in [6.45, 7) is 7.78. The summed E-state index contributed by atoms with van der Waals surface area (Å²) in [4.78, 5) is 5.51. The zero-order valence-corrected chi connectivity index (χ0v) is 9.99. The Morgan fingerprint density at radius 1 is 1.13 bits per heavy atom. The van der Waals surface area contributed by atoms with E-state index in [0.717, 1.165) is 18.0 Å². The number of piperazine rings is 1. The van der Waals surface area contributed by atoms with Crippen LogP contribution in [-0.4, -0.2) is 48.1 Å². The topological polar surface area (TPSA) is 6.48 Å². The number of hydrogen-bond donors (Lipinski definition) is 0. The molecule has 2 heteroatoms. The van der Waals surface area contributed by atoms with Gasteiger partial charge in [0.2, 0.25) is 0 Å². The van der Waals surface area contributed by atoms with Crippen molar-refractivity contribution in [3.63, 3.8) is 0 Å². The van der Waals surface area contributed by atoms with Gasteiger partial charge in [0.1, 0.15) is 0 Å². The maximum absolute atomic E-state index is 2.80. The van der Waals surface area contributed by atoms with Gasteiger partial charge in [-0.2, -0.15) is 0 Å². The minimum atomic E-state index is 0.918. The molecular formula is C13H24N2. The highest BCUT2D eigenvalue weighted by Crippen LogP contribution is 2.40. The van der Waals surface area contributed by atoms with Gasteiger partial charge in [-0.3, -0.25) is 9.80 Å². The first-order chi connectivity index (χ1) is 7.38. The van der Waals surface area contributed by atoms with Crippen molar-refractivity contribution in [1.82, 2.24) is 9.80 Å². The number of nitrogens with zero attached hydrogens (tertiary/aromatic N) is 2. The van der Waals surface area contributed by atoms with E-state index in [0.29, 0.717) is 0 Å². The van der Waals surface area contributed by atoms with Gasteiger partial charge in [0, 0.05) is 31.7 Å². The quantitative estimate of drug-likeness (QED) is 0.699. The van der Waals surface area contributed by atoms with Gasteiger partial charge in [-0.15, -0.1) is 0 Å². The lowest BCUT2D eigenvalue weighted by molar-refractivity contribution is 0.0946. The first-order valence-electron chi connectivity index (χ1n) is 6.86. The second-order valence-corrected chi connectivity index (χ2v) is 5.68. The Balaban J connectivity index is 1.52. The summed E-state index contributed by atoms with van der Waals surface area (Å²) in [6, 6.07) is 1.90. The van der Waals surface area contributed by atoms with Crippen molar-refractivity contribution in [2.45, 2.75) is 51.1 Å². The normalized spacial score (nSPS) is 41.8. The van der Waals surface area contributed by atoms with Crippen molar-refractivity contribution in [3.05, 3.63) is 0 Å². The average molecular weight is 208 g/mol. The fourth-order valence-electron chi connectivity index (χ4n) is 3.68. The highest BCUT2D eigenvalue weighted by atomic mass is 15.3. The lowest BCUT2D eigenvalue weighted by Gasteiger charge is -2.38. The zero-order chi connectivity index (χ0) is 10.3. The van der Waals surface area contributed by atoms with Crippen LogP contribution in [0, 0.1) is 5.92 Å². The third-order valence-corrected chi connectivity index (χ3v) is 4.63. The van der Waals surface area contributed by atoms with E-state index in [9.17, 15) is 0 Å². The molecule has 3 unspecified atom stereocenters. The van der Waals surface area contributed by atoms with Gasteiger partial charge in [0.25, 0.3) is 0 Å². The van der Waals surface area contributed by atoms with E-state index in [1.165, 1.54) is 58.3 Å². The Hall–Kier alpha value is -0.0800. The Morgan fingerprint density at radius 2 is 2.00 bits per heavy atom. The minimum absolute atomic E-state index is 0.918. The maximum Gasteiger partial charge on any atom is 0.0224 e. The largest absolute Gasteiger partial charge is 0.298 e. The summed E-state index contributed by atoms with van der Waals surface area (Å²) in [5.41, 5.74) is 0.